The van der Waals surface area contributed by atoms with Gasteiger partial charge >= 0.3 is 11.9 Å². The Balaban J connectivity index is 1.96. The Morgan fingerprint density at radius 3 is 2.64 bits per heavy atom. The van der Waals surface area contributed by atoms with Crippen molar-refractivity contribution in [1.29, 1.82) is 0 Å². The van der Waals surface area contributed by atoms with Crippen molar-refractivity contribution in [2.24, 2.45) is 17.3 Å². The van der Waals surface area contributed by atoms with E-state index < -0.39 is 5.79 Å². The van der Waals surface area contributed by atoms with E-state index in [9.17, 15) is 9.59 Å². The number of carbonyl (C=O) groups excluding carboxylic acids is 2. The van der Waals surface area contributed by atoms with Crippen molar-refractivity contribution in [3.05, 3.63) is 22.6 Å². The fraction of sp³-hybridized carbons (Fsp3) is 0.714. The zero-order valence-electron chi connectivity index (χ0n) is 17.4. The van der Waals surface area contributed by atoms with E-state index in [0.717, 1.165) is 18.4 Å². The molecule has 6 atom stereocenters. The summed E-state index contributed by atoms with van der Waals surface area (Å²) >= 11 is 1.46. The lowest BCUT2D eigenvalue weighted by Gasteiger charge is -2.58. The molecule has 0 saturated heterocycles. The molecule has 0 N–H and O–H groups in total. The van der Waals surface area contributed by atoms with Gasteiger partial charge in [-0.2, -0.15) is 0 Å². The predicted octanol–water partition coefficient (Wildman–Crippen LogP) is 3.46. The number of esters is 2. The first-order chi connectivity index (χ1) is 13.2. The Labute approximate surface area is 171 Å². The van der Waals surface area contributed by atoms with Crippen LogP contribution >= 0.6 is 11.8 Å². The fourth-order valence-corrected chi connectivity index (χ4v) is 5.66. The molecule has 1 heterocycles. The summed E-state index contributed by atoms with van der Waals surface area (Å²) in [5, 5.41) is 1.72. The van der Waals surface area contributed by atoms with Crippen molar-refractivity contribution in [1.82, 2.24) is 0 Å². The molecular formula is C21H30O6S. The Bertz CT molecular complexity index is 716. The van der Waals surface area contributed by atoms with Gasteiger partial charge in [0.15, 0.2) is 0 Å². The van der Waals surface area contributed by atoms with Gasteiger partial charge in [-0.25, -0.2) is 9.59 Å². The molecule has 1 aliphatic heterocycles. The first-order valence-corrected chi connectivity index (χ1v) is 11.0. The Morgan fingerprint density at radius 1 is 1.32 bits per heavy atom. The molecule has 0 aromatic heterocycles. The van der Waals surface area contributed by atoms with Gasteiger partial charge in [0.2, 0.25) is 5.79 Å². The number of methoxy groups -OCH3 is 2. The molecule has 0 aromatic rings. The lowest BCUT2D eigenvalue weighted by atomic mass is 9.51. The molecule has 3 rings (SSSR count). The summed E-state index contributed by atoms with van der Waals surface area (Å²) in [6.07, 6.45) is 5.01. The molecule has 0 amide bonds. The Morgan fingerprint density at radius 2 is 2.04 bits per heavy atom. The standard InChI is InChI=1S/C21H30O6S/c1-12-17-18(24-4)20(3)13(2)15(26-16(22)9-10-28-6)8-7-14(20)11-21(17,25-5)27-19(12)23/h9-10,13-15,18H,7-8,11H2,1-6H3/b10-9-/t13-,14+,15-,18+,20+,21-/m0/s1. The minimum Gasteiger partial charge on any atom is -0.459 e. The minimum atomic E-state index is -1.05. The summed E-state index contributed by atoms with van der Waals surface area (Å²) < 4.78 is 23.2. The summed E-state index contributed by atoms with van der Waals surface area (Å²) in [6.45, 7) is 6.06. The van der Waals surface area contributed by atoms with Gasteiger partial charge in [0, 0.05) is 49.2 Å². The third kappa shape index (κ3) is 3.12. The Hall–Kier alpha value is -1.31. The van der Waals surface area contributed by atoms with Gasteiger partial charge in [0.1, 0.15) is 6.10 Å². The van der Waals surface area contributed by atoms with Crippen LogP contribution in [0.5, 0.6) is 0 Å². The number of hydrogen-bond acceptors (Lipinski definition) is 7. The Kier molecular flexibility index (Phi) is 5.99. The van der Waals surface area contributed by atoms with Crippen LogP contribution in [0.1, 0.15) is 40.0 Å². The maximum atomic E-state index is 12.4. The van der Waals surface area contributed by atoms with Crippen molar-refractivity contribution >= 4 is 23.7 Å². The SMILES string of the molecule is CO[C@@H]1C2=C(C)C(=O)O[C@@]2(OC)C[C@H]2CC[C@H](OC(=O)/C=C\SC)[C@H](C)[C@]21C. The smallest absolute Gasteiger partial charge is 0.336 e. The number of rotatable bonds is 5. The molecule has 6 nitrogen and oxygen atoms in total. The number of hydrogen-bond donors (Lipinski definition) is 0. The quantitative estimate of drug-likeness (QED) is 0.508. The maximum Gasteiger partial charge on any atom is 0.336 e. The first-order valence-electron chi connectivity index (χ1n) is 9.67. The van der Waals surface area contributed by atoms with E-state index in [1.807, 2.05) is 6.26 Å². The highest BCUT2D eigenvalue weighted by molar-refractivity contribution is 8.01. The number of fused-ring (bicyclic) bond motifs is 2. The second-order valence-electron chi connectivity index (χ2n) is 8.15. The monoisotopic (exact) mass is 410 g/mol. The topological polar surface area (TPSA) is 71.1 Å². The van der Waals surface area contributed by atoms with Crippen molar-refractivity contribution in [2.75, 3.05) is 20.5 Å². The van der Waals surface area contributed by atoms with Crippen LogP contribution in [-0.4, -0.2) is 50.4 Å². The van der Waals surface area contributed by atoms with Crippen molar-refractivity contribution in [3.63, 3.8) is 0 Å². The molecule has 156 valence electrons. The van der Waals surface area contributed by atoms with Crippen molar-refractivity contribution in [2.45, 2.75) is 58.0 Å². The number of carbonyl (C=O) groups is 2. The van der Waals surface area contributed by atoms with E-state index in [-0.39, 0.29) is 41.4 Å². The van der Waals surface area contributed by atoms with E-state index in [1.165, 1.54) is 17.8 Å². The highest BCUT2D eigenvalue weighted by atomic mass is 32.2. The summed E-state index contributed by atoms with van der Waals surface area (Å²) in [5.41, 5.74) is 1.03. The van der Waals surface area contributed by atoms with Gasteiger partial charge in [-0.15, -0.1) is 11.8 Å². The van der Waals surface area contributed by atoms with Crippen LogP contribution in [0.2, 0.25) is 0 Å². The molecule has 0 bridgehead atoms. The van der Waals surface area contributed by atoms with Crippen LogP contribution in [0.15, 0.2) is 22.6 Å². The van der Waals surface area contributed by atoms with Crippen LogP contribution < -0.4 is 0 Å². The molecule has 2 aliphatic carbocycles. The second kappa shape index (κ2) is 7.84. The molecule has 0 aromatic carbocycles. The van der Waals surface area contributed by atoms with Gasteiger partial charge in [0.25, 0.3) is 0 Å². The van der Waals surface area contributed by atoms with Gasteiger partial charge in [0.05, 0.1) is 6.10 Å². The molecule has 0 spiro atoms. The zero-order chi connectivity index (χ0) is 20.7. The van der Waals surface area contributed by atoms with Gasteiger partial charge in [-0.05, 0) is 37.3 Å². The predicted molar refractivity (Wildman–Crippen MR) is 106 cm³/mol. The fourth-order valence-electron chi connectivity index (χ4n) is 5.41. The lowest BCUT2D eigenvalue weighted by molar-refractivity contribution is -0.243. The average Bonchev–Trinajstić information content (AvgIpc) is 2.92. The zero-order valence-corrected chi connectivity index (χ0v) is 18.3. The van der Waals surface area contributed by atoms with Crippen LogP contribution in [0.25, 0.3) is 0 Å². The minimum absolute atomic E-state index is 0.0497. The van der Waals surface area contributed by atoms with E-state index in [0.29, 0.717) is 12.0 Å². The van der Waals surface area contributed by atoms with Crippen LogP contribution in [0, 0.1) is 17.3 Å². The number of thioether (sulfide) groups is 1. The molecule has 7 heteroatoms. The molecule has 2 saturated carbocycles. The molecular weight excluding hydrogens is 380 g/mol. The van der Waals surface area contributed by atoms with Crippen LogP contribution in [0.4, 0.5) is 0 Å². The normalized spacial score (nSPS) is 40.3. The highest BCUT2D eigenvalue weighted by Crippen LogP contribution is 2.61. The van der Waals surface area contributed by atoms with E-state index in [1.54, 1.807) is 26.6 Å². The summed E-state index contributed by atoms with van der Waals surface area (Å²) in [4.78, 5) is 24.5. The lowest BCUT2D eigenvalue weighted by Crippen LogP contribution is -2.61. The van der Waals surface area contributed by atoms with Gasteiger partial charge in [-0.1, -0.05) is 13.8 Å². The van der Waals surface area contributed by atoms with Crippen molar-refractivity contribution < 1.29 is 28.5 Å². The highest BCUT2D eigenvalue weighted by Gasteiger charge is 2.65. The number of ether oxygens (including phenoxy) is 4. The van der Waals surface area contributed by atoms with Crippen LogP contribution in [-0.2, 0) is 28.5 Å². The third-order valence-electron chi connectivity index (χ3n) is 7.11. The molecule has 3 aliphatic rings. The molecule has 0 unspecified atom stereocenters. The van der Waals surface area contributed by atoms with E-state index >= 15 is 0 Å². The van der Waals surface area contributed by atoms with Crippen molar-refractivity contribution in [3.8, 4) is 0 Å². The average molecular weight is 411 g/mol. The largest absolute Gasteiger partial charge is 0.459 e. The molecule has 0 radical (unpaired) electrons. The summed E-state index contributed by atoms with van der Waals surface area (Å²) in [5.74, 6) is -1.45. The summed E-state index contributed by atoms with van der Waals surface area (Å²) in [6, 6.07) is 0. The third-order valence-corrected chi connectivity index (χ3v) is 7.52. The van der Waals surface area contributed by atoms with Gasteiger partial charge in [-0.3, -0.25) is 0 Å². The second-order valence-corrected chi connectivity index (χ2v) is 8.89. The van der Waals surface area contributed by atoms with Crippen LogP contribution in [0.3, 0.4) is 0 Å². The molecule has 28 heavy (non-hydrogen) atoms. The van der Waals surface area contributed by atoms with Gasteiger partial charge < -0.3 is 18.9 Å². The first kappa shape index (κ1) is 21.4. The molecule has 2 fully saturated rings. The van der Waals surface area contributed by atoms with E-state index in [4.69, 9.17) is 18.9 Å². The van der Waals surface area contributed by atoms with E-state index in [2.05, 4.69) is 13.8 Å². The summed E-state index contributed by atoms with van der Waals surface area (Å²) in [7, 11) is 3.24. The maximum absolute atomic E-state index is 12.4.